The van der Waals surface area contributed by atoms with Gasteiger partial charge in [-0.1, -0.05) is 32.9 Å². The number of carbonyl (C=O) groups is 1. The number of aromatic nitrogens is 1. The maximum absolute atomic E-state index is 12.4. The molecule has 2 rings (SSSR count). The lowest BCUT2D eigenvalue weighted by atomic mass is 9.87. The van der Waals surface area contributed by atoms with Crippen molar-refractivity contribution in [3.63, 3.8) is 0 Å². The molecule has 8 heteroatoms. The van der Waals surface area contributed by atoms with Crippen molar-refractivity contribution in [3.8, 4) is 0 Å². The molecule has 0 aliphatic carbocycles. The molecule has 0 radical (unpaired) electrons. The average molecular weight is 368 g/mol. The highest BCUT2D eigenvalue weighted by Gasteiger charge is 2.20. The van der Waals surface area contributed by atoms with Crippen LogP contribution < -0.4 is 4.72 Å². The van der Waals surface area contributed by atoms with Gasteiger partial charge in [0.1, 0.15) is 0 Å². The molecule has 24 heavy (non-hydrogen) atoms. The molecule has 0 fully saturated rings. The first-order valence-electron chi connectivity index (χ1n) is 7.39. The lowest BCUT2D eigenvalue weighted by molar-refractivity contribution is 0.0520. The average Bonchev–Trinajstić information content (AvgIpc) is 2.94. The van der Waals surface area contributed by atoms with Crippen LogP contribution in [-0.4, -0.2) is 26.0 Å². The maximum Gasteiger partial charge on any atom is 0.357 e. The summed E-state index contributed by atoms with van der Waals surface area (Å²) in [6.45, 7) is 8.09. The molecule has 0 atom stereocenters. The number of carbonyl (C=O) groups excluding carboxylic acids is 1. The molecule has 0 unspecified atom stereocenters. The molecule has 0 bridgehead atoms. The van der Waals surface area contributed by atoms with Crippen molar-refractivity contribution < 1.29 is 17.9 Å². The molecule has 0 aliphatic rings. The molecule has 0 saturated heterocycles. The third kappa shape index (κ3) is 4.33. The van der Waals surface area contributed by atoms with Gasteiger partial charge in [-0.05, 0) is 30.0 Å². The van der Waals surface area contributed by atoms with Crippen molar-refractivity contribution in [2.75, 3.05) is 11.3 Å². The SMILES string of the molecule is CCOC(=O)c1csc(NS(=O)(=O)c2ccc(C(C)(C)C)cc2)n1. The van der Waals surface area contributed by atoms with Gasteiger partial charge in [0.15, 0.2) is 10.8 Å². The predicted octanol–water partition coefficient (Wildman–Crippen LogP) is 3.42. The molecule has 1 aromatic heterocycles. The van der Waals surface area contributed by atoms with E-state index in [0.29, 0.717) is 0 Å². The Balaban J connectivity index is 2.18. The van der Waals surface area contributed by atoms with Gasteiger partial charge in [0, 0.05) is 5.38 Å². The highest BCUT2D eigenvalue weighted by Crippen LogP contribution is 2.25. The molecule has 1 N–H and O–H groups in total. The van der Waals surface area contributed by atoms with Crippen LogP contribution >= 0.6 is 11.3 Å². The minimum atomic E-state index is -3.75. The fraction of sp³-hybridized carbons (Fsp3) is 0.375. The zero-order valence-corrected chi connectivity index (χ0v) is 15.6. The summed E-state index contributed by atoms with van der Waals surface area (Å²) in [4.78, 5) is 15.7. The number of anilines is 1. The molecule has 0 amide bonds. The van der Waals surface area contributed by atoms with E-state index in [1.54, 1.807) is 31.2 Å². The number of ether oxygens (including phenoxy) is 1. The Morgan fingerprint density at radius 1 is 1.25 bits per heavy atom. The van der Waals surface area contributed by atoms with Crippen LogP contribution in [0.3, 0.4) is 0 Å². The van der Waals surface area contributed by atoms with E-state index in [9.17, 15) is 13.2 Å². The third-order valence-corrected chi connectivity index (χ3v) is 5.48. The Kier molecular flexibility index (Phi) is 5.29. The van der Waals surface area contributed by atoms with Gasteiger partial charge >= 0.3 is 5.97 Å². The van der Waals surface area contributed by atoms with Gasteiger partial charge in [-0.3, -0.25) is 4.72 Å². The Morgan fingerprint density at radius 2 is 1.88 bits per heavy atom. The number of rotatable bonds is 5. The first kappa shape index (κ1) is 18.4. The van der Waals surface area contributed by atoms with E-state index in [1.807, 2.05) is 0 Å². The summed E-state index contributed by atoms with van der Waals surface area (Å²) in [5.74, 6) is -0.575. The number of sulfonamides is 1. The minimum absolute atomic E-state index is 0.0560. The van der Waals surface area contributed by atoms with Crippen molar-refractivity contribution in [3.05, 3.63) is 40.9 Å². The molecule has 6 nitrogen and oxygen atoms in total. The molecule has 0 spiro atoms. The number of thiazole rings is 1. The monoisotopic (exact) mass is 368 g/mol. The smallest absolute Gasteiger partial charge is 0.357 e. The van der Waals surface area contributed by atoms with E-state index < -0.39 is 16.0 Å². The number of nitrogens with zero attached hydrogens (tertiary/aromatic N) is 1. The highest BCUT2D eigenvalue weighted by molar-refractivity contribution is 7.93. The summed E-state index contributed by atoms with van der Waals surface area (Å²) in [5.41, 5.74) is 1.07. The first-order chi connectivity index (χ1) is 11.1. The number of benzene rings is 1. The summed E-state index contributed by atoms with van der Waals surface area (Å²) in [7, 11) is -3.75. The summed E-state index contributed by atoms with van der Waals surface area (Å²) in [6, 6.07) is 6.70. The lowest BCUT2D eigenvalue weighted by Crippen LogP contribution is -2.15. The molecule has 0 aliphatic heterocycles. The normalized spacial score (nSPS) is 12.0. The quantitative estimate of drug-likeness (QED) is 0.817. The largest absolute Gasteiger partial charge is 0.461 e. The van der Waals surface area contributed by atoms with Crippen molar-refractivity contribution >= 4 is 32.5 Å². The van der Waals surface area contributed by atoms with Crippen LogP contribution in [0.5, 0.6) is 0 Å². The van der Waals surface area contributed by atoms with Crippen LogP contribution in [0.4, 0.5) is 5.13 Å². The van der Waals surface area contributed by atoms with Gasteiger partial charge < -0.3 is 4.74 Å². The van der Waals surface area contributed by atoms with E-state index in [2.05, 4.69) is 30.5 Å². The van der Waals surface area contributed by atoms with E-state index in [1.165, 1.54) is 5.38 Å². The van der Waals surface area contributed by atoms with Crippen LogP contribution in [0.2, 0.25) is 0 Å². The zero-order chi connectivity index (χ0) is 18.0. The maximum atomic E-state index is 12.4. The van der Waals surface area contributed by atoms with Gasteiger partial charge in [-0.15, -0.1) is 11.3 Å². The van der Waals surface area contributed by atoms with Gasteiger partial charge in [0.25, 0.3) is 10.0 Å². The number of nitrogens with one attached hydrogen (secondary N) is 1. The molecule has 1 aromatic carbocycles. The fourth-order valence-electron chi connectivity index (χ4n) is 1.93. The lowest BCUT2D eigenvalue weighted by Gasteiger charge is -2.19. The van der Waals surface area contributed by atoms with Crippen molar-refractivity contribution in [2.24, 2.45) is 0 Å². The minimum Gasteiger partial charge on any atom is -0.461 e. The Hall–Kier alpha value is -1.93. The zero-order valence-electron chi connectivity index (χ0n) is 14.0. The molecule has 0 saturated carbocycles. The summed E-state index contributed by atoms with van der Waals surface area (Å²) in [6.07, 6.45) is 0. The van der Waals surface area contributed by atoms with Crippen LogP contribution in [0.15, 0.2) is 34.5 Å². The van der Waals surface area contributed by atoms with Crippen LogP contribution in [0, 0.1) is 0 Å². The van der Waals surface area contributed by atoms with E-state index in [4.69, 9.17) is 4.74 Å². The number of esters is 1. The second kappa shape index (κ2) is 6.90. The second-order valence-electron chi connectivity index (χ2n) is 6.14. The molecule has 1 heterocycles. The summed E-state index contributed by atoms with van der Waals surface area (Å²) in [5, 5.41) is 1.58. The Bertz CT molecular complexity index is 819. The first-order valence-corrected chi connectivity index (χ1v) is 9.76. The topological polar surface area (TPSA) is 85.4 Å². The molecular weight excluding hydrogens is 348 g/mol. The van der Waals surface area contributed by atoms with Crippen molar-refractivity contribution in [1.82, 2.24) is 4.98 Å². The van der Waals surface area contributed by atoms with Gasteiger partial charge in [0.05, 0.1) is 11.5 Å². The van der Waals surface area contributed by atoms with Gasteiger partial charge in [-0.2, -0.15) is 0 Å². The van der Waals surface area contributed by atoms with Crippen LogP contribution in [0.25, 0.3) is 0 Å². The molecule has 2 aromatic rings. The highest BCUT2D eigenvalue weighted by atomic mass is 32.2. The van der Waals surface area contributed by atoms with Gasteiger partial charge in [0.2, 0.25) is 0 Å². The summed E-state index contributed by atoms with van der Waals surface area (Å²) < 4.78 is 32.0. The van der Waals surface area contributed by atoms with Gasteiger partial charge in [-0.25, -0.2) is 18.2 Å². The van der Waals surface area contributed by atoms with E-state index in [0.717, 1.165) is 16.9 Å². The van der Waals surface area contributed by atoms with E-state index >= 15 is 0 Å². The number of hydrogen-bond donors (Lipinski definition) is 1. The second-order valence-corrected chi connectivity index (χ2v) is 8.68. The van der Waals surface area contributed by atoms with Crippen molar-refractivity contribution in [2.45, 2.75) is 38.0 Å². The van der Waals surface area contributed by atoms with Crippen LogP contribution in [-0.2, 0) is 20.2 Å². The summed E-state index contributed by atoms with van der Waals surface area (Å²) >= 11 is 1.03. The number of hydrogen-bond acceptors (Lipinski definition) is 6. The fourth-order valence-corrected chi connectivity index (χ4v) is 3.86. The predicted molar refractivity (Wildman–Crippen MR) is 94.0 cm³/mol. The standard InChI is InChI=1S/C16H20N2O4S2/c1-5-22-14(19)13-10-23-15(17-13)18-24(20,21)12-8-6-11(7-9-12)16(2,3)4/h6-10H,5H2,1-4H3,(H,17,18). The molecular formula is C16H20N2O4S2. The Labute approximate surface area is 145 Å². The van der Waals surface area contributed by atoms with Crippen LogP contribution in [0.1, 0.15) is 43.7 Å². The molecule has 130 valence electrons. The third-order valence-electron chi connectivity index (χ3n) is 3.24. The van der Waals surface area contributed by atoms with E-state index in [-0.39, 0.29) is 27.7 Å². The van der Waals surface area contributed by atoms with Crippen molar-refractivity contribution in [1.29, 1.82) is 0 Å². The Morgan fingerprint density at radius 3 is 2.42 bits per heavy atom.